The fourth-order valence-electron chi connectivity index (χ4n) is 2.38. The highest BCUT2D eigenvalue weighted by Crippen LogP contribution is 2.26. The normalized spacial score (nSPS) is 11.8. The first kappa shape index (κ1) is 19.7. The van der Waals surface area contributed by atoms with Gasteiger partial charge in [-0.15, -0.1) is 16.4 Å². The molecule has 1 amide bonds. The Balaban J connectivity index is 1.88. The minimum absolute atomic E-state index is 0.178. The summed E-state index contributed by atoms with van der Waals surface area (Å²) in [4.78, 5) is 29.4. The molecule has 2 heterocycles. The highest BCUT2D eigenvalue weighted by atomic mass is 32.1. The number of aromatic nitrogens is 3. The van der Waals surface area contributed by atoms with Crippen molar-refractivity contribution >= 4 is 23.2 Å². The molecule has 0 saturated carbocycles. The highest BCUT2D eigenvalue weighted by molar-refractivity contribution is 7.13. The van der Waals surface area contributed by atoms with Crippen LogP contribution in [0.25, 0.3) is 16.4 Å². The Bertz CT molecular complexity index is 954. The molecule has 0 saturated heterocycles. The van der Waals surface area contributed by atoms with E-state index in [0.717, 1.165) is 11.3 Å². The Hall–Kier alpha value is -3.07. The van der Waals surface area contributed by atoms with Gasteiger partial charge < -0.3 is 10.1 Å². The second-order valence-electron chi connectivity index (χ2n) is 5.96. The molecule has 9 heteroatoms. The van der Waals surface area contributed by atoms with E-state index >= 15 is 0 Å². The molecule has 1 N–H and O–H groups in total. The molecule has 1 unspecified atom stereocenters. The maximum Gasteiger partial charge on any atom is 0.379 e. The van der Waals surface area contributed by atoms with Gasteiger partial charge in [-0.2, -0.15) is 4.98 Å². The van der Waals surface area contributed by atoms with E-state index in [2.05, 4.69) is 15.4 Å². The average Bonchev–Trinajstić information content (AvgIpc) is 3.36. The van der Waals surface area contributed by atoms with Crippen LogP contribution in [-0.2, 0) is 9.53 Å². The van der Waals surface area contributed by atoms with Crippen LogP contribution in [0.15, 0.2) is 41.8 Å². The van der Waals surface area contributed by atoms with Gasteiger partial charge in [-0.05, 0) is 49.1 Å². The maximum absolute atomic E-state index is 13.3. The van der Waals surface area contributed by atoms with Crippen molar-refractivity contribution in [3.05, 3.63) is 53.4 Å². The minimum atomic E-state index is -0.970. The lowest BCUT2D eigenvalue weighted by atomic mass is 10.3. The molecule has 0 spiro atoms. The van der Waals surface area contributed by atoms with E-state index in [0.29, 0.717) is 18.1 Å². The summed E-state index contributed by atoms with van der Waals surface area (Å²) in [6, 6.07) is 9.36. The number of nitrogens with one attached hydrogen (secondary N) is 1. The summed E-state index contributed by atoms with van der Waals surface area (Å²) in [6.07, 6.45) is -0.192. The van der Waals surface area contributed by atoms with E-state index in [4.69, 9.17) is 4.74 Å². The zero-order valence-corrected chi connectivity index (χ0v) is 16.2. The molecule has 0 radical (unpaired) electrons. The van der Waals surface area contributed by atoms with Gasteiger partial charge in [0, 0.05) is 6.54 Å². The Kier molecular flexibility index (Phi) is 6.15. The van der Waals surface area contributed by atoms with Gasteiger partial charge in [-0.1, -0.05) is 13.0 Å². The van der Waals surface area contributed by atoms with E-state index in [1.807, 2.05) is 24.4 Å². The minimum Gasteiger partial charge on any atom is -0.447 e. The molecule has 0 aliphatic heterocycles. The highest BCUT2D eigenvalue weighted by Gasteiger charge is 2.24. The van der Waals surface area contributed by atoms with Gasteiger partial charge in [0.05, 0.1) is 10.6 Å². The van der Waals surface area contributed by atoms with Crippen LogP contribution in [-0.4, -0.2) is 39.3 Å². The molecule has 3 rings (SSSR count). The third kappa shape index (κ3) is 4.42. The lowest BCUT2D eigenvalue weighted by Crippen LogP contribution is -2.36. The fourth-order valence-corrected chi connectivity index (χ4v) is 3.08. The molecule has 1 aromatic carbocycles. The largest absolute Gasteiger partial charge is 0.447 e. The number of hydrogen-bond acceptors (Lipinski definition) is 6. The number of ether oxygens (including phenoxy) is 1. The van der Waals surface area contributed by atoms with Gasteiger partial charge in [-0.3, -0.25) is 4.79 Å². The number of halogens is 1. The van der Waals surface area contributed by atoms with Gasteiger partial charge in [0.25, 0.3) is 11.7 Å². The van der Waals surface area contributed by atoms with Gasteiger partial charge in [-0.25, -0.2) is 13.9 Å². The average molecular weight is 402 g/mol. The van der Waals surface area contributed by atoms with Crippen LogP contribution in [0.3, 0.4) is 0 Å². The van der Waals surface area contributed by atoms with Gasteiger partial charge >= 0.3 is 5.97 Å². The van der Waals surface area contributed by atoms with Crippen molar-refractivity contribution < 1.29 is 18.7 Å². The van der Waals surface area contributed by atoms with E-state index in [9.17, 15) is 14.0 Å². The van der Waals surface area contributed by atoms with Crippen molar-refractivity contribution in [2.24, 2.45) is 0 Å². The number of hydrogen-bond donors (Lipinski definition) is 1. The molecule has 0 bridgehead atoms. The molecular formula is C19H19FN4O3S. The summed E-state index contributed by atoms with van der Waals surface area (Å²) in [7, 11) is 0. The third-order valence-electron chi connectivity index (χ3n) is 3.80. The summed E-state index contributed by atoms with van der Waals surface area (Å²) in [5.41, 5.74) is 0.546. The summed E-state index contributed by atoms with van der Waals surface area (Å²) < 4.78 is 19.9. The first-order valence-corrected chi connectivity index (χ1v) is 9.63. The molecule has 7 nitrogen and oxygen atoms in total. The van der Waals surface area contributed by atoms with Gasteiger partial charge in [0.1, 0.15) is 5.82 Å². The van der Waals surface area contributed by atoms with E-state index < -0.39 is 12.1 Å². The maximum atomic E-state index is 13.3. The van der Waals surface area contributed by atoms with Crippen molar-refractivity contribution in [2.75, 3.05) is 6.54 Å². The smallest absolute Gasteiger partial charge is 0.379 e. The van der Waals surface area contributed by atoms with Gasteiger partial charge in [0.15, 0.2) is 11.9 Å². The molecule has 0 fully saturated rings. The number of thiophene rings is 1. The van der Waals surface area contributed by atoms with Crippen molar-refractivity contribution in [2.45, 2.75) is 26.4 Å². The number of esters is 1. The van der Waals surface area contributed by atoms with Crippen molar-refractivity contribution in [3.63, 3.8) is 0 Å². The quantitative estimate of drug-likeness (QED) is 0.614. The van der Waals surface area contributed by atoms with Crippen molar-refractivity contribution in [1.82, 2.24) is 20.1 Å². The Morgan fingerprint density at radius 1 is 1.29 bits per heavy atom. The molecule has 0 aliphatic rings. The van der Waals surface area contributed by atoms with Crippen LogP contribution in [0.5, 0.6) is 0 Å². The number of carbonyl (C=O) groups excluding carboxylic acids is 2. The zero-order valence-electron chi connectivity index (χ0n) is 15.4. The van der Waals surface area contributed by atoms with Crippen LogP contribution in [0, 0.1) is 5.82 Å². The summed E-state index contributed by atoms with van der Waals surface area (Å²) >= 11 is 1.43. The number of nitrogens with zero attached hydrogens (tertiary/aromatic N) is 3. The SMILES string of the molecule is CCCNC(=O)C(C)OC(=O)c1nc(-c2cccs2)n(-c2ccc(F)cc2)n1. The number of rotatable bonds is 7. The standard InChI is InChI=1S/C19H19FN4O3S/c1-3-10-21-18(25)12(2)27-19(26)16-22-17(15-5-4-11-28-15)24(23-16)14-8-6-13(20)7-9-14/h4-9,11-12H,3,10H2,1-2H3,(H,21,25). The van der Waals surface area contributed by atoms with Crippen LogP contribution in [0.4, 0.5) is 4.39 Å². The Labute approximate surface area is 165 Å². The third-order valence-corrected chi connectivity index (χ3v) is 4.67. The molecule has 28 heavy (non-hydrogen) atoms. The van der Waals surface area contributed by atoms with Crippen LogP contribution in [0.1, 0.15) is 30.9 Å². The van der Waals surface area contributed by atoms with Crippen molar-refractivity contribution in [3.8, 4) is 16.4 Å². The second kappa shape index (κ2) is 8.75. The predicted molar refractivity (Wildman–Crippen MR) is 103 cm³/mol. The Morgan fingerprint density at radius 3 is 2.68 bits per heavy atom. The molecule has 146 valence electrons. The zero-order chi connectivity index (χ0) is 20.1. The second-order valence-corrected chi connectivity index (χ2v) is 6.91. The number of carbonyl (C=O) groups is 2. The van der Waals surface area contributed by atoms with E-state index in [-0.39, 0.29) is 17.5 Å². The van der Waals surface area contributed by atoms with Crippen LogP contribution in [0.2, 0.25) is 0 Å². The summed E-state index contributed by atoms with van der Waals surface area (Å²) in [5.74, 6) is -1.32. The van der Waals surface area contributed by atoms with Crippen LogP contribution >= 0.6 is 11.3 Å². The van der Waals surface area contributed by atoms with E-state index in [1.165, 1.54) is 47.2 Å². The summed E-state index contributed by atoms with van der Waals surface area (Å²) in [5, 5.41) is 8.76. The molecule has 0 aliphatic carbocycles. The molecule has 1 atom stereocenters. The number of benzene rings is 1. The van der Waals surface area contributed by atoms with Crippen LogP contribution < -0.4 is 5.32 Å². The molecular weight excluding hydrogens is 383 g/mol. The first-order valence-electron chi connectivity index (χ1n) is 8.75. The van der Waals surface area contributed by atoms with Gasteiger partial charge in [0.2, 0.25) is 0 Å². The predicted octanol–water partition coefficient (Wildman–Crippen LogP) is 3.21. The molecule has 3 aromatic rings. The Morgan fingerprint density at radius 2 is 2.04 bits per heavy atom. The molecule has 2 aromatic heterocycles. The van der Waals surface area contributed by atoms with Crippen molar-refractivity contribution in [1.29, 1.82) is 0 Å². The first-order chi connectivity index (χ1) is 13.5. The lowest BCUT2D eigenvalue weighted by Gasteiger charge is -2.11. The lowest BCUT2D eigenvalue weighted by molar-refractivity contribution is -0.129. The van der Waals surface area contributed by atoms with E-state index in [1.54, 1.807) is 0 Å². The fraction of sp³-hybridized carbons (Fsp3) is 0.263. The topological polar surface area (TPSA) is 86.1 Å². The monoisotopic (exact) mass is 402 g/mol. The number of amides is 1. The summed E-state index contributed by atoms with van der Waals surface area (Å²) in [6.45, 7) is 3.91.